The second-order valence-corrected chi connectivity index (χ2v) is 8.08. The van der Waals surface area contributed by atoms with E-state index in [0.29, 0.717) is 22.2 Å². The smallest absolute Gasteiger partial charge is 0.339 e. The summed E-state index contributed by atoms with van der Waals surface area (Å²) in [6, 6.07) is 12.3. The standard InChI is InChI=1S/C22H21N3O4S/c26-20(25-22(28)23-14-6-1-2-7-14)13-29-21(27)16-12-18(19-10-5-11-30-19)24-17-9-4-3-8-15(16)17/h3-5,8-12,14H,1-2,6-7,13H2,(H2,23,25,26,28). The van der Waals surface area contributed by atoms with Crippen LogP contribution in [-0.2, 0) is 9.53 Å². The number of fused-ring (bicyclic) bond motifs is 1. The summed E-state index contributed by atoms with van der Waals surface area (Å²) in [7, 11) is 0. The summed E-state index contributed by atoms with van der Waals surface area (Å²) in [5.41, 5.74) is 1.65. The molecule has 2 aromatic heterocycles. The van der Waals surface area contributed by atoms with Gasteiger partial charge in [0.1, 0.15) is 0 Å². The summed E-state index contributed by atoms with van der Waals surface area (Å²) in [6.45, 7) is -0.540. The van der Waals surface area contributed by atoms with E-state index in [1.165, 1.54) is 11.3 Å². The van der Waals surface area contributed by atoms with Gasteiger partial charge >= 0.3 is 12.0 Å². The van der Waals surface area contributed by atoms with E-state index >= 15 is 0 Å². The lowest BCUT2D eigenvalue weighted by atomic mass is 10.1. The summed E-state index contributed by atoms with van der Waals surface area (Å²) in [5, 5.41) is 7.54. The van der Waals surface area contributed by atoms with Gasteiger partial charge in [0.05, 0.1) is 21.7 Å². The maximum absolute atomic E-state index is 12.7. The molecule has 154 valence electrons. The lowest BCUT2D eigenvalue weighted by Gasteiger charge is -2.12. The van der Waals surface area contributed by atoms with Crippen LogP contribution in [0.5, 0.6) is 0 Å². The number of aromatic nitrogens is 1. The molecule has 8 heteroatoms. The van der Waals surface area contributed by atoms with Crippen LogP contribution in [0.1, 0.15) is 36.0 Å². The molecule has 1 aromatic carbocycles. The molecule has 0 radical (unpaired) electrons. The van der Waals surface area contributed by atoms with Gasteiger partial charge in [0.2, 0.25) is 0 Å². The highest BCUT2D eigenvalue weighted by molar-refractivity contribution is 7.13. The van der Waals surface area contributed by atoms with Crippen molar-refractivity contribution in [2.24, 2.45) is 0 Å². The topological polar surface area (TPSA) is 97.4 Å². The van der Waals surface area contributed by atoms with Crippen molar-refractivity contribution in [2.75, 3.05) is 6.61 Å². The van der Waals surface area contributed by atoms with Crippen molar-refractivity contribution in [1.82, 2.24) is 15.6 Å². The lowest BCUT2D eigenvalue weighted by molar-refractivity contribution is -0.123. The van der Waals surface area contributed by atoms with Gasteiger partial charge in [-0.3, -0.25) is 10.1 Å². The summed E-state index contributed by atoms with van der Waals surface area (Å²) in [5.74, 6) is -1.31. The van der Waals surface area contributed by atoms with Crippen molar-refractivity contribution in [2.45, 2.75) is 31.7 Å². The Bertz CT molecular complexity index is 1080. The molecule has 1 aliphatic rings. The second kappa shape index (κ2) is 9.04. The Kier molecular flexibility index (Phi) is 6.04. The molecule has 3 aromatic rings. The number of esters is 1. The number of imide groups is 1. The number of hydrogen-bond donors (Lipinski definition) is 2. The predicted octanol–water partition coefficient (Wildman–Crippen LogP) is 3.89. The zero-order chi connectivity index (χ0) is 20.9. The maximum atomic E-state index is 12.7. The fourth-order valence-electron chi connectivity index (χ4n) is 3.56. The van der Waals surface area contributed by atoms with Crippen molar-refractivity contribution in [3.8, 4) is 10.6 Å². The minimum Gasteiger partial charge on any atom is -0.452 e. The molecule has 0 spiro atoms. The molecule has 2 heterocycles. The predicted molar refractivity (Wildman–Crippen MR) is 114 cm³/mol. The molecular formula is C22H21N3O4S. The van der Waals surface area contributed by atoms with Crippen LogP contribution in [0.25, 0.3) is 21.5 Å². The van der Waals surface area contributed by atoms with Gasteiger partial charge < -0.3 is 10.1 Å². The first-order valence-electron chi connectivity index (χ1n) is 9.81. The van der Waals surface area contributed by atoms with E-state index in [1.807, 2.05) is 35.7 Å². The molecular weight excluding hydrogens is 402 g/mol. The average molecular weight is 423 g/mol. The van der Waals surface area contributed by atoms with Gasteiger partial charge in [-0.2, -0.15) is 0 Å². The fraction of sp³-hybridized carbons (Fsp3) is 0.273. The number of carbonyl (C=O) groups is 3. The SMILES string of the molecule is O=C(COC(=O)c1cc(-c2cccs2)nc2ccccc12)NC(=O)NC1CCCC1. The molecule has 2 N–H and O–H groups in total. The Morgan fingerprint density at radius 3 is 2.67 bits per heavy atom. The van der Waals surface area contributed by atoms with E-state index in [0.717, 1.165) is 30.6 Å². The third-order valence-corrected chi connectivity index (χ3v) is 5.88. The molecule has 0 saturated heterocycles. The molecule has 1 saturated carbocycles. The van der Waals surface area contributed by atoms with E-state index in [1.54, 1.807) is 12.1 Å². The van der Waals surface area contributed by atoms with Crippen molar-refractivity contribution in [3.05, 3.63) is 53.4 Å². The van der Waals surface area contributed by atoms with Gasteiger partial charge in [-0.05, 0) is 36.4 Å². The number of nitrogens with zero attached hydrogens (tertiary/aromatic N) is 1. The number of pyridine rings is 1. The minimum absolute atomic E-state index is 0.0965. The number of amides is 3. The highest BCUT2D eigenvalue weighted by Crippen LogP contribution is 2.28. The number of carbonyl (C=O) groups excluding carboxylic acids is 3. The zero-order valence-electron chi connectivity index (χ0n) is 16.2. The van der Waals surface area contributed by atoms with Crippen LogP contribution < -0.4 is 10.6 Å². The molecule has 0 bridgehead atoms. The number of para-hydroxylation sites is 1. The fourth-order valence-corrected chi connectivity index (χ4v) is 4.24. The zero-order valence-corrected chi connectivity index (χ0v) is 17.0. The van der Waals surface area contributed by atoms with Gasteiger partial charge in [0, 0.05) is 11.4 Å². The minimum atomic E-state index is -0.671. The molecule has 30 heavy (non-hydrogen) atoms. The number of nitrogens with one attached hydrogen (secondary N) is 2. The van der Waals surface area contributed by atoms with Crippen LogP contribution in [0.4, 0.5) is 4.79 Å². The second-order valence-electron chi connectivity index (χ2n) is 7.13. The average Bonchev–Trinajstić information content (AvgIpc) is 3.45. The number of urea groups is 1. The van der Waals surface area contributed by atoms with Crippen LogP contribution in [-0.4, -0.2) is 35.5 Å². The van der Waals surface area contributed by atoms with Crippen molar-refractivity contribution >= 4 is 40.1 Å². The summed E-state index contributed by atoms with van der Waals surface area (Å²) >= 11 is 1.52. The van der Waals surface area contributed by atoms with E-state index in [9.17, 15) is 14.4 Å². The number of benzene rings is 1. The maximum Gasteiger partial charge on any atom is 0.339 e. The van der Waals surface area contributed by atoms with Gasteiger partial charge in [-0.15, -0.1) is 11.3 Å². The first kappa shape index (κ1) is 20.0. The van der Waals surface area contributed by atoms with E-state index in [4.69, 9.17) is 4.74 Å². The summed E-state index contributed by atoms with van der Waals surface area (Å²) < 4.78 is 5.19. The monoisotopic (exact) mass is 423 g/mol. The van der Waals surface area contributed by atoms with Crippen molar-refractivity contribution < 1.29 is 19.1 Å². The molecule has 0 aliphatic heterocycles. The summed E-state index contributed by atoms with van der Waals surface area (Å²) in [6.07, 6.45) is 3.98. The first-order valence-corrected chi connectivity index (χ1v) is 10.7. The number of thiophene rings is 1. The number of hydrogen-bond acceptors (Lipinski definition) is 6. The van der Waals surface area contributed by atoms with Gasteiger partial charge in [-0.1, -0.05) is 37.1 Å². The quantitative estimate of drug-likeness (QED) is 0.607. The highest BCUT2D eigenvalue weighted by Gasteiger charge is 2.20. The normalized spacial score (nSPS) is 13.9. The third-order valence-electron chi connectivity index (χ3n) is 4.99. The molecule has 4 rings (SSSR count). The highest BCUT2D eigenvalue weighted by atomic mass is 32.1. The largest absolute Gasteiger partial charge is 0.452 e. The molecule has 1 aliphatic carbocycles. The van der Waals surface area contributed by atoms with Gasteiger partial charge in [-0.25, -0.2) is 14.6 Å². The van der Waals surface area contributed by atoms with Crippen molar-refractivity contribution in [1.29, 1.82) is 0 Å². The Labute approximate surface area is 177 Å². The third kappa shape index (κ3) is 4.65. The Balaban J connectivity index is 1.44. The first-order chi connectivity index (χ1) is 14.6. The van der Waals surface area contributed by atoms with E-state index < -0.39 is 24.5 Å². The number of rotatable bonds is 5. The molecule has 1 fully saturated rings. The van der Waals surface area contributed by atoms with Crippen LogP contribution >= 0.6 is 11.3 Å². The Morgan fingerprint density at radius 1 is 1.10 bits per heavy atom. The van der Waals surface area contributed by atoms with Crippen LogP contribution in [0.15, 0.2) is 47.8 Å². The summed E-state index contributed by atoms with van der Waals surface area (Å²) in [4.78, 5) is 42.2. The molecule has 3 amide bonds. The van der Waals surface area contributed by atoms with Crippen molar-refractivity contribution in [3.63, 3.8) is 0 Å². The van der Waals surface area contributed by atoms with E-state index in [-0.39, 0.29) is 6.04 Å². The van der Waals surface area contributed by atoms with Crippen LogP contribution in [0.3, 0.4) is 0 Å². The van der Waals surface area contributed by atoms with Gasteiger partial charge in [0.25, 0.3) is 5.91 Å². The van der Waals surface area contributed by atoms with E-state index in [2.05, 4.69) is 15.6 Å². The Hall–Kier alpha value is -3.26. The van der Waals surface area contributed by atoms with Crippen LogP contribution in [0.2, 0.25) is 0 Å². The Morgan fingerprint density at radius 2 is 1.90 bits per heavy atom. The van der Waals surface area contributed by atoms with Gasteiger partial charge in [0.15, 0.2) is 6.61 Å². The van der Waals surface area contributed by atoms with Crippen LogP contribution in [0, 0.1) is 0 Å². The molecule has 0 atom stereocenters. The lowest BCUT2D eigenvalue weighted by Crippen LogP contribution is -2.45. The molecule has 0 unspecified atom stereocenters. The molecule has 7 nitrogen and oxygen atoms in total. The number of ether oxygens (including phenoxy) is 1.